The number of pyridine rings is 1. The number of nitrogens with zero attached hydrogens (tertiary/aromatic N) is 1. The fourth-order valence-electron chi connectivity index (χ4n) is 3.75. The van der Waals surface area contributed by atoms with Gasteiger partial charge in [-0.3, -0.25) is 9.78 Å². The molecule has 3 rings (SSSR count). The topological polar surface area (TPSA) is 63.2 Å². The van der Waals surface area contributed by atoms with Crippen LogP contribution in [0.5, 0.6) is 5.75 Å². The molecule has 0 aliphatic rings. The molecule has 1 unspecified atom stereocenters. The summed E-state index contributed by atoms with van der Waals surface area (Å²) in [4.78, 5) is 16.9. The monoisotopic (exact) mass is 445 g/mol. The lowest BCUT2D eigenvalue weighted by Gasteiger charge is -2.21. The first-order chi connectivity index (χ1) is 16.1. The van der Waals surface area contributed by atoms with Crippen molar-refractivity contribution in [3.8, 4) is 5.75 Å². The number of ether oxygens (including phenoxy) is 1. The molecule has 2 aromatic carbocycles. The standard InChI is InChI=1S/C28H35N3O2/c1-3-8-22(2)21-33-26-14-12-25(13-15-26)27(20-30-19-24-11-7-16-29-18-24)31-28(32)17-23-9-5-4-6-10-23/h4-7,9-16,18,22,27,30H,3,8,17,19-21H2,1-2H3,(H,31,32)/t22?,27-/m0/s1. The maximum absolute atomic E-state index is 12.8. The number of hydrogen-bond donors (Lipinski definition) is 2. The highest BCUT2D eigenvalue weighted by atomic mass is 16.5. The average molecular weight is 446 g/mol. The zero-order valence-electron chi connectivity index (χ0n) is 19.7. The summed E-state index contributed by atoms with van der Waals surface area (Å²) in [7, 11) is 0. The Hall–Kier alpha value is -3.18. The number of aromatic nitrogens is 1. The van der Waals surface area contributed by atoms with E-state index in [-0.39, 0.29) is 11.9 Å². The van der Waals surface area contributed by atoms with Gasteiger partial charge in [0.2, 0.25) is 5.91 Å². The van der Waals surface area contributed by atoms with E-state index in [0.29, 0.717) is 25.4 Å². The van der Waals surface area contributed by atoms with E-state index < -0.39 is 0 Å². The van der Waals surface area contributed by atoms with Crippen LogP contribution in [0.15, 0.2) is 79.1 Å². The van der Waals surface area contributed by atoms with Gasteiger partial charge in [0.1, 0.15) is 5.75 Å². The molecule has 0 saturated carbocycles. The maximum atomic E-state index is 12.8. The number of carbonyl (C=O) groups excluding carboxylic acids is 1. The van der Waals surface area contributed by atoms with Crippen LogP contribution in [0, 0.1) is 5.92 Å². The molecule has 1 amide bonds. The van der Waals surface area contributed by atoms with Gasteiger partial charge >= 0.3 is 0 Å². The first-order valence-corrected chi connectivity index (χ1v) is 11.8. The molecule has 0 bridgehead atoms. The Morgan fingerprint density at radius 3 is 2.45 bits per heavy atom. The zero-order valence-corrected chi connectivity index (χ0v) is 19.7. The van der Waals surface area contributed by atoms with Gasteiger partial charge in [-0.05, 0) is 47.2 Å². The normalized spacial score (nSPS) is 12.7. The number of amides is 1. The third-order valence-corrected chi connectivity index (χ3v) is 5.54. The molecule has 5 nitrogen and oxygen atoms in total. The van der Waals surface area contributed by atoms with Gasteiger partial charge in [0.15, 0.2) is 0 Å². The minimum atomic E-state index is -0.147. The van der Waals surface area contributed by atoms with Crippen molar-refractivity contribution in [2.45, 2.75) is 45.7 Å². The molecule has 5 heteroatoms. The molecule has 33 heavy (non-hydrogen) atoms. The van der Waals surface area contributed by atoms with Gasteiger partial charge in [-0.15, -0.1) is 0 Å². The number of carbonyl (C=O) groups is 1. The smallest absolute Gasteiger partial charge is 0.224 e. The highest BCUT2D eigenvalue weighted by molar-refractivity contribution is 5.79. The van der Waals surface area contributed by atoms with E-state index >= 15 is 0 Å². The molecule has 1 aromatic heterocycles. The minimum absolute atomic E-state index is 0.00287. The van der Waals surface area contributed by atoms with E-state index in [9.17, 15) is 4.79 Å². The van der Waals surface area contributed by atoms with Crippen LogP contribution in [0.3, 0.4) is 0 Å². The van der Waals surface area contributed by atoms with Crippen molar-refractivity contribution >= 4 is 5.91 Å². The Morgan fingerprint density at radius 2 is 1.76 bits per heavy atom. The predicted octanol–water partition coefficient (Wildman–Crippen LogP) is 5.09. The van der Waals surface area contributed by atoms with Crippen LogP contribution in [0.2, 0.25) is 0 Å². The van der Waals surface area contributed by atoms with Gasteiger partial charge in [0, 0.05) is 25.5 Å². The highest BCUT2D eigenvalue weighted by Crippen LogP contribution is 2.19. The summed E-state index contributed by atoms with van der Waals surface area (Å²) in [6.45, 7) is 6.43. The summed E-state index contributed by atoms with van der Waals surface area (Å²) in [5, 5.41) is 6.65. The lowest BCUT2D eigenvalue weighted by atomic mass is 10.1. The molecule has 0 radical (unpaired) electrons. The van der Waals surface area contributed by atoms with Gasteiger partial charge in [-0.25, -0.2) is 0 Å². The highest BCUT2D eigenvalue weighted by Gasteiger charge is 2.15. The quantitative estimate of drug-likeness (QED) is 0.385. The van der Waals surface area contributed by atoms with Crippen molar-refractivity contribution in [3.05, 3.63) is 95.8 Å². The molecule has 3 aromatic rings. The van der Waals surface area contributed by atoms with Crippen LogP contribution in [0.1, 0.15) is 49.4 Å². The molecule has 0 saturated heterocycles. The molecular formula is C28H35N3O2. The van der Waals surface area contributed by atoms with Crippen LogP contribution in [0.4, 0.5) is 0 Å². The van der Waals surface area contributed by atoms with E-state index in [1.807, 2.05) is 72.9 Å². The van der Waals surface area contributed by atoms with E-state index in [1.165, 1.54) is 6.42 Å². The summed E-state index contributed by atoms with van der Waals surface area (Å²) in [5.41, 5.74) is 3.16. The number of nitrogens with one attached hydrogen (secondary N) is 2. The molecular weight excluding hydrogens is 410 g/mol. The summed E-state index contributed by atoms with van der Waals surface area (Å²) >= 11 is 0. The largest absolute Gasteiger partial charge is 0.493 e. The first kappa shape index (κ1) is 24.5. The summed E-state index contributed by atoms with van der Waals surface area (Å²) < 4.78 is 5.94. The van der Waals surface area contributed by atoms with Crippen molar-refractivity contribution in [1.82, 2.24) is 15.6 Å². The van der Waals surface area contributed by atoms with Crippen LogP contribution >= 0.6 is 0 Å². The molecule has 2 atom stereocenters. The summed E-state index contributed by atoms with van der Waals surface area (Å²) in [5.74, 6) is 1.40. The van der Waals surface area contributed by atoms with Gasteiger partial charge in [-0.1, -0.05) is 68.8 Å². The second kappa shape index (κ2) is 13.4. The van der Waals surface area contributed by atoms with Crippen molar-refractivity contribution in [1.29, 1.82) is 0 Å². The molecule has 0 spiro atoms. The number of benzene rings is 2. The molecule has 2 N–H and O–H groups in total. The fraction of sp³-hybridized carbons (Fsp3) is 0.357. The van der Waals surface area contributed by atoms with Crippen molar-refractivity contribution in [3.63, 3.8) is 0 Å². The van der Waals surface area contributed by atoms with Crippen molar-refractivity contribution in [2.24, 2.45) is 5.92 Å². The van der Waals surface area contributed by atoms with Gasteiger partial charge in [-0.2, -0.15) is 0 Å². The molecule has 0 aliphatic heterocycles. The predicted molar refractivity (Wildman–Crippen MR) is 133 cm³/mol. The Morgan fingerprint density at radius 1 is 1.00 bits per heavy atom. The summed E-state index contributed by atoms with van der Waals surface area (Å²) in [6.07, 6.45) is 6.30. The SMILES string of the molecule is CCCC(C)COc1ccc([C@H](CNCc2cccnc2)NC(=O)Cc2ccccc2)cc1. The van der Waals surface area contributed by atoms with Crippen LogP contribution in [0.25, 0.3) is 0 Å². The van der Waals surface area contributed by atoms with E-state index in [2.05, 4.69) is 29.5 Å². The first-order valence-electron chi connectivity index (χ1n) is 11.8. The van der Waals surface area contributed by atoms with E-state index in [4.69, 9.17) is 4.74 Å². The molecule has 0 aliphatic carbocycles. The third kappa shape index (κ3) is 8.70. The second-order valence-corrected chi connectivity index (χ2v) is 8.55. The molecule has 0 fully saturated rings. The Labute approximate surface area is 197 Å². The Kier molecular flexibility index (Phi) is 9.92. The van der Waals surface area contributed by atoms with E-state index in [0.717, 1.165) is 35.5 Å². The number of hydrogen-bond acceptors (Lipinski definition) is 4. The summed E-state index contributed by atoms with van der Waals surface area (Å²) in [6, 6.07) is 21.7. The average Bonchev–Trinajstić information content (AvgIpc) is 2.84. The lowest BCUT2D eigenvalue weighted by molar-refractivity contribution is -0.121. The minimum Gasteiger partial charge on any atom is -0.493 e. The van der Waals surface area contributed by atoms with E-state index in [1.54, 1.807) is 6.20 Å². The molecule has 174 valence electrons. The van der Waals surface area contributed by atoms with Crippen LogP contribution in [-0.4, -0.2) is 24.0 Å². The molecule has 1 heterocycles. The van der Waals surface area contributed by atoms with Crippen molar-refractivity contribution in [2.75, 3.05) is 13.2 Å². The van der Waals surface area contributed by atoms with Gasteiger partial charge in [0.25, 0.3) is 0 Å². The maximum Gasteiger partial charge on any atom is 0.224 e. The third-order valence-electron chi connectivity index (χ3n) is 5.54. The zero-order chi connectivity index (χ0) is 23.3. The van der Waals surface area contributed by atoms with Crippen LogP contribution < -0.4 is 15.4 Å². The Balaban J connectivity index is 1.62. The van der Waals surface area contributed by atoms with Crippen LogP contribution in [-0.2, 0) is 17.8 Å². The lowest BCUT2D eigenvalue weighted by Crippen LogP contribution is -2.36. The van der Waals surface area contributed by atoms with Gasteiger partial charge < -0.3 is 15.4 Å². The Bertz CT molecular complexity index is 946. The van der Waals surface area contributed by atoms with Gasteiger partial charge in [0.05, 0.1) is 19.1 Å². The van der Waals surface area contributed by atoms with Crippen molar-refractivity contribution < 1.29 is 9.53 Å². The second-order valence-electron chi connectivity index (χ2n) is 8.55. The number of rotatable bonds is 13. The fourth-order valence-corrected chi connectivity index (χ4v) is 3.75.